The molecule has 3 aliphatic rings. The van der Waals surface area contributed by atoms with Crippen LogP contribution in [-0.4, -0.2) is 41.0 Å². The van der Waals surface area contributed by atoms with E-state index >= 15 is 0 Å². The van der Waals surface area contributed by atoms with Gasteiger partial charge in [0.05, 0.1) is 6.61 Å². The van der Waals surface area contributed by atoms with E-state index in [0.29, 0.717) is 11.1 Å². The van der Waals surface area contributed by atoms with Gasteiger partial charge < -0.3 is 14.6 Å². The van der Waals surface area contributed by atoms with Crippen molar-refractivity contribution in [3.8, 4) is 0 Å². The second-order valence-corrected chi connectivity index (χ2v) is 6.93. The van der Waals surface area contributed by atoms with Crippen molar-refractivity contribution < 1.29 is 29.0 Å². The van der Waals surface area contributed by atoms with Crippen molar-refractivity contribution in [1.29, 1.82) is 0 Å². The maximum Gasteiger partial charge on any atom is 0.334 e. The summed E-state index contributed by atoms with van der Waals surface area (Å²) >= 11 is 0. The van der Waals surface area contributed by atoms with Gasteiger partial charge >= 0.3 is 5.97 Å². The van der Waals surface area contributed by atoms with Gasteiger partial charge in [0, 0.05) is 35.5 Å². The van der Waals surface area contributed by atoms with Crippen LogP contribution in [-0.2, 0) is 23.9 Å². The van der Waals surface area contributed by atoms with Crippen LogP contribution in [0.5, 0.6) is 0 Å². The lowest BCUT2D eigenvalue weighted by Gasteiger charge is -2.31. The fraction of sp³-hybridized carbons (Fsp3) is 0.421. The summed E-state index contributed by atoms with van der Waals surface area (Å²) in [6.07, 6.45) is 2.17. The Morgan fingerprint density at radius 2 is 2.12 bits per heavy atom. The van der Waals surface area contributed by atoms with Crippen molar-refractivity contribution in [3.63, 3.8) is 0 Å². The number of esters is 1. The SMILES string of the molecule is C=C(C)C(=O)C1CC2(C)OC(=CC2=O)C(CO)=CC2OC(=O)C(=C)C21. The summed E-state index contributed by atoms with van der Waals surface area (Å²) < 4.78 is 11.2. The minimum Gasteiger partial charge on any atom is -0.479 e. The Kier molecular flexibility index (Phi) is 4.03. The number of Topliss-reactive ketones (excluding diaryl/α,β-unsaturated/α-hetero) is 1. The Labute approximate surface area is 145 Å². The smallest absolute Gasteiger partial charge is 0.334 e. The number of allylic oxidation sites excluding steroid dienone is 1. The lowest BCUT2D eigenvalue weighted by molar-refractivity contribution is -0.138. The van der Waals surface area contributed by atoms with Crippen LogP contribution in [0.3, 0.4) is 0 Å². The van der Waals surface area contributed by atoms with Crippen LogP contribution in [0.25, 0.3) is 0 Å². The molecule has 0 radical (unpaired) electrons. The number of fused-ring (bicyclic) bond motifs is 3. The molecule has 0 aromatic rings. The summed E-state index contributed by atoms with van der Waals surface area (Å²) in [6.45, 7) is 10.3. The van der Waals surface area contributed by atoms with Crippen LogP contribution in [0.15, 0.2) is 47.8 Å². The molecule has 4 atom stereocenters. The predicted molar refractivity (Wildman–Crippen MR) is 88.2 cm³/mol. The van der Waals surface area contributed by atoms with E-state index in [1.165, 1.54) is 12.2 Å². The molecule has 6 heteroatoms. The molecule has 0 aromatic heterocycles. The number of ketones is 2. The van der Waals surface area contributed by atoms with Crippen molar-refractivity contribution in [2.45, 2.75) is 32.0 Å². The first-order valence-corrected chi connectivity index (χ1v) is 8.04. The second-order valence-electron chi connectivity index (χ2n) is 6.93. The van der Waals surface area contributed by atoms with Crippen LogP contribution < -0.4 is 0 Å². The van der Waals surface area contributed by atoms with E-state index in [2.05, 4.69) is 13.2 Å². The molecule has 3 aliphatic heterocycles. The fourth-order valence-corrected chi connectivity index (χ4v) is 3.64. The van der Waals surface area contributed by atoms with Crippen LogP contribution in [0.4, 0.5) is 0 Å². The third kappa shape index (κ3) is 2.66. The average molecular weight is 344 g/mol. The first kappa shape index (κ1) is 17.4. The highest BCUT2D eigenvalue weighted by molar-refractivity contribution is 6.03. The zero-order valence-electron chi connectivity index (χ0n) is 14.2. The minimum atomic E-state index is -1.25. The summed E-state index contributed by atoms with van der Waals surface area (Å²) in [4.78, 5) is 37.3. The number of hydrogen-bond acceptors (Lipinski definition) is 6. The first-order chi connectivity index (χ1) is 11.7. The topological polar surface area (TPSA) is 89.9 Å². The molecule has 0 saturated carbocycles. The Morgan fingerprint density at radius 1 is 1.44 bits per heavy atom. The molecular formula is C19H20O6. The number of hydrogen-bond donors (Lipinski definition) is 1. The van der Waals surface area contributed by atoms with Gasteiger partial charge in [0.2, 0.25) is 5.78 Å². The Hall–Kier alpha value is -2.47. The monoisotopic (exact) mass is 344 g/mol. The normalized spacial score (nSPS) is 34.0. The first-order valence-electron chi connectivity index (χ1n) is 8.04. The summed E-state index contributed by atoms with van der Waals surface area (Å²) in [6, 6.07) is 0. The quantitative estimate of drug-likeness (QED) is 0.615. The molecule has 3 heterocycles. The maximum atomic E-state index is 12.8. The predicted octanol–water partition coefficient (Wildman–Crippen LogP) is 1.41. The second kappa shape index (κ2) is 5.81. The van der Waals surface area contributed by atoms with Crippen LogP contribution in [0.1, 0.15) is 20.3 Å². The zero-order chi connectivity index (χ0) is 18.5. The van der Waals surface area contributed by atoms with E-state index in [4.69, 9.17) is 9.47 Å². The zero-order valence-corrected chi connectivity index (χ0v) is 14.2. The lowest BCUT2D eigenvalue weighted by atomic mass is 9.73. The molecule has 0 spiro atoms. The van der Waals surface area contributed by atoms with Crippen LogP contribution in [0.2, 0.25) is 0 Å². The number of carbonyl (C=O) groups is 3. The van der Waals surface area contributed by atoms with E-state index in [-0.39, 0.29) is 35.9 Å². The third-order valence-corrected chi connectivity index (χ3v) is 5.03. The van der Waals surface area contributed by atoms with Gasteiger partial charge in [0.1, 0.15) is 11.9 Å². The molecule has 25 heavy (non-hydrogen) atoms. The van der Waals surface area contributed by atoms with E-state index < -0.39 is 29.5 Å². The van der Waals surface area contributed by atoms with Crippen molar-refractivity contribution in [1.82, 2.24) is 0 Å². The standard InChI is InChI=1S/C19H20O6/c1-9(2)17(22)12-7-19(4)15(21)6-13(25-19)11(8-20)5-14-16(12)10(3)18(23)24-14/h5-6,12,14,16,20H,1,3,7-8H2,2,4H3. The molecule has 0 aromatic carbocycles. The molecule has 1 fully saturated rings. The van der Waals surface area contributed by atoms with Crippen LogP contribution >= 0.6 is 0 Å². The average Bonchev–Trinajstić information content (AvgIpc) is 3.00. The van der Waals surface area contributed by atoms with Crippen molar-refractivity contribution >= 4 is 17.5 Å². The number of ether oxygens (including phenoxy) is 2. The Morgan fingerprint density at radius 3 is 2.72 bits per heavy atom. The molecule has 0 amide bonds. The molecule has 1 saturated heterocycles. The van der Waals surface area contributed by atoms with Crippen LogP contribution in [0, 0.1) is 11.8 Å². The van der Waals surface area contributed by atoms with E-state index in [1.807, 2.05) is 0 Å². The Balaban J connectivity index is 2.17. The van der Waals surface area contributed by atoms with Gasteiger partial charge in [-0.05, 0) is 25.5 Å². The van der Waals surface area contributed by atoms with Gasteiger partial charge in [0.25, 0.3) is 0 Å². The summed E-state index contributed by atoms with van der Waals surface area (Å²) in [7, 11) is 0. The highest BCUT2D eigenvalue weighted by Gasteiger charge is 2.52. The van der Waals surface area contributed by atoms with E-state index in [9.17, 15) is 19.5 Å². The summed E-state index contributed by atoms with van der Waals surface area (Å²) in [5.74, 6) is -2.26. The molecular weight excluding hydrogens is 324 g/mol. The number of rotatable bonds is 3. The molecule has 0 aliphatic carbocycles. The molecule has 3 rings (SSSR count). The minimum absolute atomic E-state index is 0.0703. The highest BCUT2D eigenvalue weighted by Crippen LogP contribution is 2.44. The summed E-state index contributed by atoms with van der Waals surface area (Å²) in [5.41, 5.74) is -0.400. The van der Waals surface area contributed by atoms with Gasteiger partial charge in [-0.25, -0.2) is 4.79 Å². The number of aliphatic hydroxyl groups excluding tert-OH is 1. The van der Waals surface area contributed by atoms with Crippen molar-refractivity contribution in [2.75, 3.05) is 6.61 Å². The van der Waals surface area contributed by atoms with Crippen molar-refractivity contribution in [2.24, 2.45) is 11.8 Å². The summed E-state index contributed by atoms with van der Waals surface area (Å²) in [5, 5.41) is 9.66. The van der Waals surface area contributed by atoms with Crippen molar-refractivity contribution in [3.05, 3.63) is 47.8 Å². The van der Waals surface area contributed by atoms with Gasteiger partial charge in [-0.3, -0.25) is 9.59 Å². The molecule has 2 bridgehead atoms. The highest BCUT2D eigenvalue weighted by atomic mass is 16.6. The molecule has 4 unspecified atom stereocenters. The molecule has 132 valence electrons. The maximum absolute atomic E-state index is 12.8. The van der Waals surface area contributed by atoms with Gasteiger partial charge in [-0.1, -0.05) is 13.2 Å². The van der Waals surface area contributed by atoms with Gasteiger partial charge in [-0.15, -0.1) is 0 Å². The number of aliphatic hydroxyl groups is 1. The van der Waals surface area contributed by atoms with Gasteiger partial charge in [0.15, 0.2) is 11.4 Å². The third-order valence-electron chi connectivity index (χ3n) is 5.03. The van der Waals surface area contributed by atoms with E-state index in [0.717, 1.165) is 0 Å². The molecule has 6 nitrogen and oxygen atoms in total. The van der Waals surface area contributed by atoms with Gasteiger partial charge in [-0.2, -0.15) is 0 Å². The largest absolute Gasteiger partial charge is 0.479 e. The fourth-order valence-electron chi connectivity index (χ4n) is 3.64. The Bertz CT molecular complexity index is 771. The lowest BCUT2D eigenvalue weighted by Crippen LogP contribution is -2.41. The molecule has 1 N–H and O–H groups in total. The van der Waals surface area contributed by atoms with E-state index in [1.54, 1.807) is 13.8 Å². The number of carbonyl (C=O) groups excluding carboxylic acids is 3.